The number of hydrogen-bond donors (Lipinski definition) is 0. The van der Waals surface area contributed by atoms with Gasteiger partial charge < -0.3 is 0 Å². The van der Waals surface area contributed by atoms with Crippen LogP contribution in [0.5, 0.6) is 0 Å². The molecule has 1 aromatic carbocycles. The predicted molar refractivity (Wildman–Crippen MR) is 58.3 cm³/mol. The topological polar surface area (TPSA) is 11.3 Å². The second-order valence-corrected chi connectivity index (χ2v) is 3.62. The molecule has 2 rings (SSSR count). The molecule has 0 atom stereocenters. The van der Waals surface area contributed by atoms with E-state index in [9.17, 15) is 0 Å². The van der Waals surface area contributed by atoms with Crippen molar-refractivity contribution in [1.82, 2.24) is 0 Å². The second-order valence-electron chi connectivity index (χ2n) is 3.18. The maximum absolute atomic E-state index is 5.79. The lowest BCUT2D eigenvalue weighted by molar-refractivity contribution is 0.561. The highest BCUT2D eigenvalue weighted by Crippen LogP contribution is 2.21. The molecule has 0 unspecified atom stereocenters. The molecule has 0 radical (unpaired) electrons. The molecule has 1 nitrogen and oxygen atoms in total. The summed E-state index contributed by atoms with van der Waals surface area (Å²) >= 11 is 5.79. The zero-order chi connectivity index (χ0) is 9.97. The third kappa shape index (κ3) is 1.94. The third-order valence-electron chi connectivity index (χ3n) is 2.00. The standard InChI is InChI=1S/C12H10ClO/c1-9-2-7-12(14-8-9)10-3-5-11(13)6-4-10/h2-8H,1H3/q+1. The van der Waals surface area contributed by atoms with Gasteiger partial charge in [0, 0.05) is 16.7 Å². The molecule has 0 amide bonds. The molecule has 0 fully saturated rings. The summed E-state index contributed by atoms with van der Waals surface area (Å²) in [4.78, 5) is 0. The molecule has 0 N–H and O–H groups in total. The van der Waals surface area contributed by atoms with Gasteiger partial charge in [-0.3, -0.25) is 0 Å². The summed E-state index contributed by atoms with van der Waals surface area (Å²) in [6, 6.07) is 11.6. The monoisotopic (exact) mass is 205 g/mol. The Hall–Kier alpha value is -1.34. The third-order valence-corrected chi connectivity index (χ3v) is 2.25. The van der Waals surface area contributed by atoms with Crippen molar-refractivity contribution in [2.45, 2.75) is 6.92 Å². The van der Waals surface area contributed by atoms with Gasteiger partial charge in [0.15, 0.2) is 0 Å². The Kier molecular flexibility index (Phi) is 2.51. The van der Waals surface area contributed by atoms with Crippen LogP contribution in [0.15, 0.2) is 47.1 Å². The lowest BCUT2D eigenvalue weighted by Crippen LogP contribution is -1.77. The van der Waals surface area contributed by atoms with Crippen LogP contribution in [0.1, 0.15) is 5.56 Å². The van der Waals surface area contributed by atoms with Gasteiger partial charge in [-0.15, -0.1) is 0 Å². The zero-order valence-electron chi connectivity index (χ0n) is 7.83. The van der Waals surface area contributed by atoms with E-state index in [4.69, 9.17) is 16.0 Å². The summed E-state index contributed by atoms with van der Waals surface area (Å²) in [5.41, 5.74) is 2.15. The van der Waals surface area contributed by atoms with Gasteiger partial charge in [0.25, 0.3) is 0 Å². The van der Waals surface area contributed by atoms with Crippen LogP contribution in [0.25, 0.3) is 11.3 Å². The largest absolute Gasteiger partial charge is 0.359 e. The van der Waals surface area contributed by atoms with E-state index in [1.165, 1.54) is 0 Å². The fraction of sp³-hybridized carbons (Fsp3) is 0.0833. The molecule has 1 heterocycles. The number of benzene rings is 1. The summed E-state index contributed by atoms with van der Waals surface area (Å²) in [6.45, 7) is 2.00. The van der Waals surface area contributed by atoms with Crippen molar-refractivity contribution in [2.75, 3.05) is 0 Å². The molecule has 2 aromatic rings. The van der Waals surface area contributed by atoms with E-state index in [0.717, 1.165) is 21.9 Å². The van der Waals surface area contributed by atoms with Crippen LogP contribution in [-0.2, 0) is 0 Å². The molecule has 0 aliphatic rings. The van der Waals surface area contributed by atoms with Crippen LogP contribution in [0.3, 0.4) is 0 Å². The smallest absolute Gasteiger partial charge is 0.215 e. The first-order valence-electron chi connectivity index (χ1n) is 4.40. The number of rotatable bonds is 1. The van der Waals surface area contributed by atoms with Crippen LogP contribution in [-0.4, -0.2) is 0 Å². The van der Waals surface area contributed by atoms with E-state index < -0.39 is 0 Å². The Morgan fingerprint density at radius 1 is 1.00 bits per heavy atom. The van der Waals surface area contributed by atoms with E-state index >= 15 is 0 Å². The minimum absolute atomic E-state index is 0.737. The van der Waals surface area contributed by atoms with Crippen LogP contribution >= 0.6 is 11.6 Å². The van der Waals surface area contributed by atoms with Crippen molar-refractivity contribution >= 4 is 11.6 Å². The summed E-state index contributed by atoms with van der Waals surface area (Å²) in [6.07, 6.45) is 1.74. The maximum atomic E-state index is 5.79. The van der Waals surface area contributed by atoms with Crippen molar-refractivity contribution in [3.05, 3.63) is 53.2 Å². The van der Waals surface area contributed by atoms with E-state index in [1.807, 2.05) is 43.3 Å². The molecule has 0 aliphatic heterocycles. The Labute approximate surface area is 88.0 Å². The van der Waals surface area contributed by atoms with Crippen LogP contribution in [0.4, 0.5) is 0 Å². The van der Waals surface area contributed by atoms with Crippen molar-refractivity contribution < 1.29 is 4.42 Å². The molecule has 1 aromatic heterocycles. The Morgan fingerprint density at radius 3 is 2.29 bits per heavy atom. The molecule has 70 valence electrons. The van der Waals surface area contributed by atoms with Crippen LogP contribution in [0, 0.1) is 6.92 Å². The number of aryl methyl sites for hydroxylation is 1. The molecule has 14 heavy (non-hydrogen) atoms. The Morgan fingerprint density at radius 2 is 1.71 bits per heavy atom. The molecule has 2 heteroatoms. The SMILES string of the molecule is Cc1ccc(-c2ccc(Cl)cc2)[o+]c1. The van der Waals surface area contributed by atoms with E-state index in [0.29, 0.717) is 0 Å². The zero-order valence-corrected chi connectivity index (χ0v) is 8.58. The summed E-state index contributed by atoms with van der Waals surface area (Å²) < 4.78 is 5.44. The average Bonchev–Trinajstić information content (AvgIpc) is 2.21. The first-order valence-corrected chi connectivity index (χ1v) is 4.78. The highest BCUT2D eigenvalue weighted by Gasteiger charge is 2.09. The van der Waals surface area contributed by atoms with Gasteiger partial charge in [-0.05, 0) is 37.3 Å². The van der Waals surface area contributed by atoms with E-state index in [2.05, 4.69) is 0 Å². The van der Waals surface area contributed by atoms with Gasteiger partial charge in [0.05, 0.1) is 5.56 Å². The van der Waals surface area contributed by atoms with Crippen molar-refractivity contribution in [2.24, 2.45) is 0 Å². The van der Waals surface area contributed by atoms with Crippen molar-refractivity contribution in [1.29, 1.82) is 0 Å². The quantitative estimate of drug-likeness (QED) is 0.636. The van der Waals surface area contributed by atoms with Crippen LogP contribution < -0.4 is 0 Å². The lowest BCUT2D eigenvalue weighted by atomic mass is 10.1. The fourth-order valence-electron chi connectivity index (χ4n) is 1.22. The fourth-order valence-corrected chi connectivity index (χ4v) is 1.35. The molecular weight excluding hydrogens is 196 g/mol. The Balaban J connectivity index is 2.40. The van der Waals surface area contributed by atoms with Crippen molar-refractivity contribution in [3.63, 3.8) is 0 Å². The number of hydrogen-bond acceptors (Lipinski definition) is 0. The lowest BCUT2D eigenvalue weighted by Gasteiger charge is -1.92. The summed E-state index contributed by atoms with van der Waals surface area (Å²) in [5.74, 6) is 0.854. The normalized spacial score (nSPS) is 10.1. The second kappa shape index (κ2) is 3.81. The molecule has 0 saturated heterocycles. The minimum atomic E-state index is 0.737. The van der Waals surface area contributed by atoms with Gasteiger partial charge >= 0.3 is 12.0 Å². The molecule has 0 bridgehead atoms. The molecule has 0 saturated carbocycles. The maximum Gasteiger partial charge on any atom is 0.359 e. The molecule has 0 aliphatic carbocycles. The van der Waals surface area contributed by atoms with Crippen molar-refractivity contribution in [3.8, 4) is 11.3 Å². The average molecular weight is 206 g/mol. The Bertz CT molecular complexity index is 374. The molecule has 0 spiro atoms. The highest BCUT2D eigenvalue weighted by atomic mass is 35.5. The van der Waals surface area contributed by atoms with Gasteiger partial charge in [0.1, 0.15) is 0 Å². The van der Waals surface area contributed by atoms with Gasteiger partial charge in [0.2, 0.25) is 0 Å². The van der Waals surface area contributed by atoms with Gasteiger partial charge in [-0.2, -0.15) is 0 Å². The minimum Gasteiger partial charge on any atom is -0.215 e. The van der Waals surface area contributed by atoms with E-state index in [-0.39, 0.29) is 0 Å². The van der Waals surface area contributed by atoms with Crippen LogP contribution in [0.2, 0.25) is 5.02 Å². The van der Waals surface area contributed by atoms with Gasteiger partial charge in [-0.1, -0.05) is 11.6 Å². The number of halogens is 1. The molecular formula is C12H10ClO+. The first kappa shape index (κ1) is 9.22. The predicted octanol–water partition coefficient (Wildman–Crippen LogP) is 4.19. The van der Waals surface area contributed by atoms with Gasteiger partial charge in [-0.25, -0.2) is 4.42 Å². The highest BCUT2D eigenvalue weighted by molar-refractivity contribution is 6.30. The first-order chi connectivity index (χ1) is 6.75. The van der Waals surface area contributed by atoms with E-state index in [1.54, 1.807) is 6.26 Å². The summed E-state index contributed by atoms with van der Waals surface area (Å²) in [7, 11) is 0. The summed E-state index contributed by atoms with van der Waals surface area (Å²) in [5, 5.41) is 0.737.